The first kappa shape index (κ1) is 58.0. The topological polar surface area (TPSA) is 39.4 Å². The molecule has 636 valence electrons. The summed E-state index contributed by atoms with van der Waals surface area (Å²) in [6.07, 6.45) is 0. The minimum Gasteiger partial charge on any atom is -0.456 e. The van der Waals surface area contributed by atoms with Crippen LogP contribution in [0.15, 0.2) is 510 Å². The molecule has 0 radical (unpaired) electrons. The average Bonchev–Trinajstić information content (AvgIpc) is 1.29. The molecule has 137 heavy (non-hydrogen) atoms. The predicted octanol–water partition coefficient (Wildman–Crippen LogP) is 38.4. The Hall–Kier alpha value is -18.0. The largest absolute Gasteiger partial charge is 0.456 e. The molecule has 0 aliphatic carbocycles. The third kappa shape index (κ3) is 13.0. The number of para-hydroxylation sites is 3. The van der Waals surface area contributed by atoms with E-state index in [0.717, 1.165) is 103 Å². The van der Waals surface area contributed by atoms with Gasteiger partial charge in [0.25, 0.3) is 0 Å². The fourth-order valence-electron chi connectivity index (χ4n) is 21.0. The summed E-state index contributed by atoms with van der Waals surface area (Å²) in [4.78, 5) is 0. The second kappa shape index (κ2) is 32.5. The molecular weight excluding hydrogens is 1660 g/mol. The van der Waals surface area contributed by atoms with Crippen LogP contribution < -0.4 is 0 Å². The Morgan fingerprint density at radius 1 is 0.131 bits per heavy atom. The Morgan fingerprint density at radius 2 is 0.394 bits per heavy atom. The molecule has 26 aromatic carbocycles. The molecule has 3 heterocycles. The van der Waals surface area contributed by atoms with Gasteiger partial charge in [-0.15, -0.1) is 0 Å². The van der Waals surface area contributed by atoms with Crippen LogP contribution in [0.4, 0.5) is 0 Å². The first-order valence-electron chi connectivity index (χ1n) is 57.2. The Kier molecular flexibility index (Phi) is 13.7. The van der Waals surface area contributed by atoms with E-state index < -0.39 is 72.5 Å². The van der Waals surface area contributed by atoms with E-state index in [2.05, 4.69) is 72.8 Å². The van der Waals surface area contributed by atoms with Gasteiger partial charge in [-0.3, -0.25) is 0 Å². The zero-order chi connectivity index (χ0) is 111. The Labute approximate surface area is 823 Å². The Balaban J connectivity index is 0.000000116. The van der Waals surface area contributed by atoms with Gasteiger partial charge in [-0.1, -0.05) is 442 Å². The van der Waals surface area contributed by atoms with Gasteiger partial charge in [0.05, 0.1) is 32.9 Å². The third-order valence-electron chi connectivity index (χ3n) is 26.9. The number of hydrogen-bond acceptors (Lipinski definition) is 3. The average molecular weight is 1760 g/mol. The van der Waals surface area contributed by atoms with Crippen LogP contribution in [0.5, 0.6) is 0 Å². The molecule has 0 spiro atoms. The fourth-order valence-corrected chi connectivity index (χ4v) is 21.0. The van der Waals surface area contributed by atoms with E-state index in [9.17, 15) is 16.4 Å². The number of benzene rings is 26. The van der Waals surface area contributed by atoms with Crippen molar-refractivity contribution in [2.75, 3.05) is 0 Å². The molecule has 0 N–H and O–H groups in total. The van der Waals surface area contributed by atoms with Gasteiger partial charge < -0.3 is 13.3 Å². The smallest absolute Gasteiger partial charge is 0.136 e. The standard InChI is InChI=1S/2C46H28O.C42H26O/c1-2-14-34-29(11-1)23-24-30-25-26-32(28-41(30)34)31-12-9-13-33(27-31)44-35-15-3-5-17-37(35)45(38-18-6-4-16-36(38)44)40-20-10-22-43-46(40)39-19-7-8-21-42(39)47-43;1-2-13-33-29(11-1)23-26-31-12-9-19-34(43(31)33)30-24-27-32(28-25-30)44-35-14-3-5-16-37(35)45(38-17-6-4-15-36(38)44)40-20-10-22-42-46(40)39-18-7-8-21-41(39)47-42;1-2-16-30-27(12-1)13-10-22-31(30)28-14-9-15-29(26-28)40-32-17-3-5-19-34(32)41(35-20-6-4-18-33(35)40)37-23-11-25-39-42(37)36-21-7-8-24-38(36)43-39/h2*1-28H;1-26H/i3D,4D,5D,6D,15D,16D,17D,18D;3D,4D,5D,6D,14D,15D,16D,17D;3D,4D,5D,6D,17D,18D,19D,20D. The quantitative estimate of drug-likeness (QED) is 0.107. The van der Waals surface area contributed by atoms with Crippen LogP contribution in [0.25, 0.3) is 284 Å². The summed E-state index contributed by atoms with van der Waals surface area (Å²) in [7, 11) is 0. The molecule has 0 saturated heterocycles. The van der Waals surface area contributed by atoms with Crippen molar-refractivity contribution in [3.63, 3.8) is 0 Å². The molecule has 0 amide bonds. The van der Waals surface area contributed by atoms with E-state index >= 15 is 0 Å². The van der Waals surface area contributed by atoms with Crippen molar-refractivity contribution < 1.29 is 46.1 Å². The van der Waals surface area contributed by atoms with Crippen molar-refractivity contribution >= 4 is 184 Å². The lowest BCUT2D eigenvalue weighted by Crippen LogP contribution is -1.91. The normalized spacial score (nSPS) is 14.2. The minimum absolute atomic E-state index is 0.166. The molecule has 29 rings (SSSR count). The Morgan fingerprint density at radius 3 is 0.839 bits per heavy atom. The van der Waals surface area contributed by atoms with Crippen LogP contribution >= 0.6 is 0 Å². The van der Waals surface area contributed by atoms with Gasteiger partial charge >= 0.3 is 0 Å². The molecule has 29 aromatic rings. The molecule has 0 saturated carbocycles. The second-order valence-electron chi connectivity index (χ2n) is 34.3. The van der Waals surface area contributed by atoms with Crippen LogP contribution in [0.2, 0.25) is 0 Å². The minimum atomic E-state index is -0.439. The summed E-state index contributed by atoms with van der Waals surface area (Å²) >= 11 is 0. The van der Waals surface area contributed by atoms with Gasteiger partial charge in [0.2, 0.25) is 0 Å². The molecule has 0 bridgehead atoms. The lowest BCUT2D eigenvalue weighted by Gasteiger charge is -2.19. The summed E-state index contributed by atoms with van der Waals surface area (Å²) in [6.45, 7) is 0. The van der Waals surface area contributed by atoms with Crippen LogP contribution in [-0.2, 0) is 0 Å². The molecule has 0 aliphatic heterocycles. The van der Waals surface area contributed by atoms with Gasteiger partial charge in [0.15, 0.2) is 0 Å². The maximum absolute atomic E-state index is 9.42. The van der Waals surface area contributed by atoms with Crippen molar-refractivity contribution in [1.82, 2.24) is 0 Å². The zero-order valence-corrected chi connectivity index (χ0v) is 72.7. The monoisotopic (exact) mass is 1760 g/mol. The van der Waals surface area contributed by atoms with E-state index in [0.29, 0.717) is 116 Å². The van der Waals surface area contributed by atoms with Crippen molar-refractivity contribution in [3.05, 3.63) is 497 Å². The van der Waals surface area contributed by atoms with Crippen LogP contribution in [0, 0.1) is 0 Å². The third-order valence-corrected chi connectivity index (χ3v) is 26.9. The zero-order valence-electron chi connectivity index (χ0n) is 96.7. The highest BCUT2D eigenvalue weighted by molar-refractivity contribution is 6.30. The summed E-state index contributed by atoms with van der Waals surface area (Å²) in [5.41, 5.74) is 14.1. The van der Waals surface area contributed by atoms with E-state index in [1.807, 2.05) is 261 Å². The molecular formula is C134H82O3. The first-order chi connectivity index (χ1) is 78.0. The number of hydrogen-bond donors (Lipinski definition) is 0. The van der Waals surface area contributed by atoms with Crippen molar-refractivity contribution in [2.24, 2.45) is 0 Å². The maximum atomic E-state index is 9.42. The van der Waals surface area contributed by atoms with E-state index in [4.69, 9.17) is 29.7 Å². The SMILES string of the molecule is [2H]c1c([2H])c([2H])c2c(-c3cccc4oc5ccccc5c34)c3c([2H])c([2H])c([2H])c([2H])c3c(-c3ccc(-c4cccc5ccc6ccccc6c45)cc3)c2c1[2H].[2H]c1c([2H])c([2H])c2c(-c3cccc4oc5ccccc5c34)c3c([2H])c([2H])c([2H])c([2H])c3c(-c3cccc(-c4ccc5ccc6ccccc6c5c4)c3)c2c1[2H].[2H]c1c([2H])c([2H])c2c(-c3cccc4oc5ccccc5c34)c3c([2H])c([2H])c([2H])c([2H])c3c(-c3cccc(-c4cccc5ccccc45)c3)c2c1[2H]. The molecule has 0 unspecified atom stereocenters. The van der Waals surface area contributed by atoms with Gasteiger partial charge in [-0.05, 0) is 273 Å². The van der Waals surface area contributed by atoms with Crippen molar-refractivity contribution in [3.8, 4) is 100 Å². The van der Waals surface area contributed by atoms with Crippen molar-refractivity contribution in [1.29, 1.82) is 0 Å². The van der Waals surface area contributed by atoms with Crippen LogP contribution in [0.1, 0.15) is 32.9 Å². The van der Waals surface area contributed by atoms with E-state index in [1.54, 1.807) is 18.2 Å². The van der Waals surface area contributed by atoms with Gasteiger partial charge in [-0.2, -0.15) is 0 Å². The summed E-state index contributed by atoms with van der Waals surface area (Å²) < 4.78 is 237. The fraction of sp³-hybridized carbons (Fsp3) is 0. The lowest BCUT2D eigenvalue weighted by molar-refractivity contribution is 0.668. The highest BCUT2D eigenvalue weighted by Crippen LogP contribution is 2.53. The molecule has 3 nitrogen and oxygen atoms in total. The molecule has 3 aromatic heterocycles. The number of furan rings is 3. The second-order valence-corrected chi connectivity index (χ2v) is 34.3. The highest BCUT2D eigenvalue weighted by Gasteiger charge is 2.26. The lowest BCUT2D eigenvalue weighted by atomic mass is 9.84. The Bertz CT molecular complexity index is 11400. The summed E-state index contributed by atoms with van der Waals surface area (Å²) in [6, 6.07) is 104. The van der Waals surface area contributed by atoms with E-state index in [1.165, 1.54) is 0 Å². The molecule has 0 aliphatic rings. The predicted molar refractivity (Wildman–Crippen MR) is 583 cm³/mol. The van der Waals surface area contributed by atoms with Gasteiger partial charge in [0, 0.05) is 32.3 Å². The van der Waals surface area contributed by atoms with Gasteiger partial charge in [0.1, 0.15) is 33.5 Å². The number of fused-ring (bicyclic) bond motifs is 22. The summed E-state index contributed by atoms with van der Waals surface area (Å²) in [5.74, 6) is 0. The molecule has 3 heteroatoms. The van der Waals surface area contributed by atoms with Gasteiger partial charge in [-0.25, -0.2) is 0 Å². The van der Waals surface area contributed by atoms with Crippen LogP contribution in [-0.4, -0.2) is 0 Å². The van der Waals surface area contributed by atoms with E-state index in [-0.39, 0.29) is 137 Å². The maximum Gasteiger partial charge on any atom is 0.136 e. The highest BCUT2D eigenvalue weighted by atomic mass is 16.3. The summed E-state index contributed by atoms with van der Waals surface area (Å²) in [5, 5.41) is 17.4. The molecule has 0 fully saturated rings. The van der Waals surface area contributed by atoms with Crippen molar-refractivity contribution in [2.45, 2.75) is 0 Å². The first-order valence-corrected chi connectivity index (χ1v) is 45.2. The number of rotatable bonds is 9. The van der Waals surface area contributed by atoms with Crippen LogP contribution in [0.3, 0.4) is 0 Å². The molecule has 0 atom stereocenters.